The molecule has 1 aromatic rings. The van der Waals surface area contributed by atoms with Crippen LogP contribution in [0, 0.1) is 5.41 Å². The van der Waals surface area contributed by atoms with Gasteiger partial charge in [0, 0.05) is 9.30 Å². The molecule has 1 atom stereocenters. The van der Waals surface area contributed by atoms with E-state index in [1.54, 1.807) is 0 Å². The highest BCUT2D eigenvalue weighted by atomic mass is 79.9. The fourth-order valence-electron chi connectivity index (χ4n) is 2.57. The van der Waals surface area contributed by atoms with Crippen molar-refractivity contribution in [2.45, 2.75) is 43.9 Å². The summed E-state index contributed by atoms with van der Waals surface area (Å²) in [5.41, 5.74) is 1.94. The first-order valence-electron chi connectivity index (χ1n) is 5.99. The Labute approximate surface area is 115 Å². The number of alkyl halides is 1. The highest BCUT2D eigenvalue weighted by Crippen LogP contribution is 2.44. The van der Waals surface area contributed by atoms with Crippen molar-refractivity contribution in [1.29, 1.82) is 0 Å². The van der Waals surface area contributed by atoms with Crippen LogP contribution >= 0.6 is 31.9 Å². The van der Waals surface area contributed by atoms with Crippen molar-refractivity contribution < 1.29 is 0 Å². The number of halogens is 2. The number of benzene rings is 1. The minimum absolute atomic E-state index is 0.507. The first-order valence-corrected chi connectivity index (χ1v) is 7.69. The molecule has 88 valence electrons. The molecular weight excluding hydrogens is 328 g/mol. The summed E-state index contributed by atoms with van der Waals surface area (Å²) < 4.78 is 1.16. The van der Waals surface area contributed by atoms with Gasteiger partial charge in [0.25, 0.3) is 0 Å². The van der Waals surface area contributed by atoms with E-state index in [2.05, 4.69) is 63.0 Å². The topological polar surface area (TPSA) is 0 Å². The van der Waals surface area contributed by atoms with Gasteiger partial charge < -0.3 is 0 Å². The Morgan fingerprint density at radius 1 is 1.19 bits per heavy atom. The number of rotatable bonds is 3. The molecule has 1 aromatic carbocycles. The zero-order chi connectivity index (χ0) is 11.6. The molecule has 1 saturated carbocycles. The molecule has 0 spiro atoms. The van der Waals surface area contributed by atoms with E-state index in [0.717, 1.165) is 10.9 Å². The van der Waals surface area contributed by atoms with E-state index in [0.29, 0.717) is 10.2 Å². The Kier molecular flexibility index (Phi) is 4.12. The Morgan fingerprint density at radius 2 is 1.75 bits per heavy atom. The number of hydrogen-bond acceptors (Lipinski definition) is 0. The second-order valence-corrected chi connectivity index (χ2v) is 7.18. The van der Waals surface area contributed by atoms with Gasteiger partial charge in [-0.25, -0.2) is 0 Å². The van der Waals surface area contributed by atoms with Crippen LogP contribution < -0.4 is 0 Å². The summed E-state index contributed by atoms with van der Waals surface area (Å²) in [7, 11) is 0. The molecule has 1 aliphatic carbocycles. The van der Waals surface area contributed by atoms with Crippen molar-refractivity contribution in [2.24, 2.45) is 5.41 Å². The Hall–Kier alpha value is 0.180. The average molecular weight is 346 g/mol. The molecule has 0 aromatic heterocycles. The van der Waals surface area contributed by atoms with Crippen LogP contribution in [0.3, 0.4) is 0 Å². The second-order valence-electron chi connectivity index (χ2n) is 5.16. The zero-order valence-corrected chi connectivity index (χ0v) is 12.9. The molecule has 1 unspecified atom stereocenters. The van der Waals surface area contributed by atoms with Gasteiger partial charge in [0.1, 0.15) is 0 Å². The lowest BCUT2D eigenvalue weighted by molar-refractivity contribution is 0.325. The summed E-state index contributed by atoms with van der Waals surface area (Å²) in [5, 5.41) is 0. The molecule has 0 nitrogen and oxygen atoms in total. The van der Waals surface area contributed by atoms with Gasteiger partial charge in [0.2, 0.25) is 0 Å². The highest BCUT2D eigenvalue weighted by molar-refractivity contribution is 9.10. The van der Waals surface area contributed by atoms with Gasteiger partial charge in [-0.2, -0.15) is 0 Å². The summed E-state index contributed by atoms with van der Waals surface area (Å²) in [4.78, 5) is 0.615. The first kappa shape index (κ1) is 12.6. The molecule has 0 N–H and O–H groups in total. The highest BCUT2D eigenvalue weighted by Gasteiger charge is 2.35. The molecule has 0 radical (unpaired) electrons. The monoisotopic (exact) mass is 344 g/mol. The zero-order valence-electron chi connectivity index (χ0n) is 9.68. The Bertz CT molecular complexity index is 336. The summed E-state index contributed by atoms with van der Waals surface area (Å²) in [6.07, 6.45) is 6.69. The molecule has 16 heavy (non-hydrogen) atoms. The van der Waals surface area contributed by atoms with Gasteiger partial charge in [-0.15, -0.1) is 0 Å². The van der Waals surface area contributed by atoms with Gasteiger partial charge in [0.15, 0.2) is 0 Å². The summed E-state index contributed by atoms with van der Waals surface area (Å²) >= 11 is 7.38. The van der Waals surface area contributed by atoms with E-state index in [-0.39, 0.29) is 0 Å². The lowest BCUT2D eigenvalue weighted by atomic mass is 9.82. The molecule has 2 heteroatoms. The second kappa shape index (κ2) is 5.22. The molecular formula is C14H18Br2. The molecule has 0 saturated heterocycles. The van der Waals surface area contributed by atoms with Crippen molar-refractivity contribution in [3.05, 3.63) is 34.3 Å². The Morgan fingerprint density at radius 3 is 2.31 bits per heavy atom. The Balaban J connectivity index is 2.01. The maximum Gasteiger partial charge on any atom is 0.0239 e. The van der Waals surface area contributed by atoms with E-state index in [1.165, 1.54) is 31.2 Å². The molecule has 0 aliphatic heterocycles. The van der Waals surface area contributed by atoms with Gasteiger partial charge >= 0.3 is 0 Å². The molecule has 0 amide bonds. The van der Waals surface area contributed by atoms with Gasteiger partial charge in [-0.3, -0.25) is 0 Å². The molecule has 1 fully saturated rings. The SMILES string of the molecule is CC1(C(Br)Cc2ccc(Br)cc2)CCCC1. The summed E-state index contributed by atoms with van der Waals surface area (Å²) in [5.74, 6) is 0. The van der Waals surface area contributed by atoms with Gasteiger partial charge in [-0.05, 0) is 42.4 Å². The fraction of sp³-hybridized carbons (Fsp3) is 0.571. The third kappa shape index (κ3) is 2.89. The minimum Gasteiger partial charge on any atom is -0.0881 e. The predicted molar refractivity (Wildman–Crippen MR) is 77.1 cm³/mol. The number of hydrogen-bond donors (Lipinski definition) is 0. The maximum absolute atomic E-state index is 3.90. The molecule has 0 heterocycles. The van der Waals surface area contributed by atoms with Crippen molar-refractivity contribution in [3.8, 4) is 0 Å². The predicted octanol–water partition coefficient (Wildman–Crippen LogP) is 5.34. The standard InChI is InChI=1S/C14H18Br2/c1-14(8-2-3-9-14)13(16)10-11-4-6-12(15)7-5-11/h4-7,13H,2-3,8-10H2,1H3. The first-order chi connectivity index (χ1) is 7.60. The summed E-state index contributed by atoms with van der Waals surface area (Å²) in [6, 6.07) is 8.70. The van der Waals surface area contributed by atoms with Gasteiger partial charge in [-0.1, -0.05) is 63.8 Å². The van der Waals surface area contributed by atoms with E-state index >= 15 is 0 Å². The molecule has 0 bridgehead atoms. The fourth-order valence-corrected chi connectivity index (χ4v) is 3.67. The van der Waals surface area contributed by atoms with Crippen LogP contribution in [0.4, 0.5) is 0 Å². The van der Waals surface area contributed by atoms with Crippen LogP contribution in [0.1, 0.15) is 38.2 Å². The van der Waals surface area contributed by atoms with Crippen molar-refractivity contribution >= 4 is 31.9 Å². The molecule has 1 aliphatic rings. The van der Waals surface area contributed by atoms with E-state index in [4.69, 9.17) is 0 Å². The smallest absolute Gasteiger partial charge is 0.0239 e. The minimum atomic E-state index is 0.507. The van der Waals surface area contributed by atoms with Crippen molar-refractivity contribution in [3.63, 3.8) is 0 Å². The lowest BCUT2D eigenvalue weighted by Crippen LogP contribution is -2.26. The van der Waals surface area contributed by atoms with Crippen LogP contribution in [0.15, 0.2) is 28.7 Å². The third-order valence-electron chi connectivity index (χ3n) is 3.83. The summed E-state index contributed by atoms with van der Waals surface area (Å²) in [6.45, 7) is 2.43. The average Bonchev–Trinajstić information content (AvgIpc) is 2.70. The van der Waals surface area contributed by atoms with Crippen LogP contribution in [-0.4, -0.2) is 4.83 Å². The van der Waals surface area contributed by atoms with Crippen molar-refractivity contribution in [1.82, 2.24) is 0 Å². The van der Waals surface area contributed by atoms with Crippen LogP contribution in [-0.2, 0) is 6.42 Å². The van der Waals surface area contributed by atoms with Crippen LogP contribution in [0.25, 0.3) is 0 Å². The third-order valence-corrected chi connectivity index (χ3v) is 5.79. The van der Waals surface area contributed by atoms with Crippen LogP contribution in [0.5, 0.6) is 0 Å². The van der Waals surface area contributed by atoms with Crippen molar-refractivity contribution in [2.75, 3.05) is 0 Å². The maximum atomic E-state index is 3.90. The van der Waals surface area contributed by atoms with Gasteiger partial charge in [0.05, 0.1) is 0 Å². The van der Waals surface area contributed by atoms with E-state index in [1.807, 2.05) is 0 Å². The van der Waals surface area contributed by atoms with Crippen LogP contribution in [0.2, 0.25) is 0 Å². The van der Waals surface area contributed by atoms with E-state index in [9.17, 15) is 0 Å². The largest absolute Gasteiger partial charge is 0.0881 e. The quantitative estimate of drug-likeness (QED) is 0.649. The molecule has 2 rings (SSSR count). The lowest BCUT2D eigenvalue weighted by Gasteiger charge is -2.30. The van der Waals surface area contributed by atoms with E-state index < -0.39 is 0 Å². The normalized spacial score (nSPS) is 20.9.